The average molecular weight is 383 g/mol. The third-order valence-electron chi connectivity index (χ3n) is 4.73. The van der Waals surface area contributed by atoms with Gasteiger partial charge in [-0.25, -0.2) is 0 Å². The van der Waals surface area contributed by atoms with E-state index in [0.717, 1.165) is 25.0 Å². The van der Waals surface area contributed by atoms with Gasteiger partial charge in [-0.15, -0.1) is 0 Å². The number of carboxylic acids is 1. The second-order valence-electron chi connectivity index (χ2n) is 7.07. The minimum Gasteiger partial charge on any atom is -0.491 e. The van der Waals surface area contributed by atoms with E-state index < -0.39 is 11.9 Å². The Bertz CT molecular complexity index is 812. The zero-order valence-electron chi connectivity index (χ0n) is 15.9. The van der Waals surface area contributed by atoms with Crippen molar-refractivity contribution in [2.45, 2.75) is 32.3 Å². The summed E-state index contributed by atoms with van der Waals surface area (Å²) in [6.07, 6.45) is 2.64. The van der Waals surface area contributed by atoms with Gasteiger partial charge in [-0.1, -0.05) is 25.1 Å². The summed E-state index contributed by atoms with van der Waals surface area (Å²) in [5.74, 6) is -0.854. The Morgan fingerprint density at radius 1 is 1.25 bits per heavy atom. The lowest BCUT2D eigenvalue weighted by molar-refractivity contribution is -0.141. The molecule has 1 aliphatic rings. The van der Waals surface area contributed by atoms with Crippen LogP contribution in [0.4, 0.5) is 5.69 Å². The minimum absolute atomic E-state index is 0.125. The number of benzene rings is 2. The number of rotatable bonds is 8. The van der Waals surface area contributed by atoms with Gasteiger partial charge in [-0.2, -0.15) is 0 Å². The van der Waals surface area contributed by atoms with E-state index in [-0.39, 0.29) is 12.0 Å². The largest absolute Gasteiger partial charge is 0.491 e. The molecule has 2 aromatic rings. The van der Waals surface area contributed by atoms with Crippen molar-refractivity contribution in [3.05, 3.63) is 59.7 Å². The first kappa shape index (κ1) is 19.9. The molecule has 6 nitrogen and oxygen atoms in total. The van der Waals surface area contributed by atoms with Crippen molar-refractivity contribution in [3.8, 4) is 5.75 Å². The molecule has 0 saturated carbocycles. The van der Waals surface area contributed by atoms with Crippen molar-refractivity contribution >= 4 is 17.6 Å². The van der Waals surface area contributed by atoms with E-state index >= 15 is 0 Å². The fourth-order valence-electron chi connectivity index (χ4n) is 3.06. The normalized spacial score (nSPS) is 17.1. The Kier molecular flexibility index (Phi) is 6.66. The zero-order chi connectivity index (χ0) is 19.9. The molecule has 1 fully saturated rings. The van der Waals surface area contributed by atoms with Crippen LogP contribution in [0.1, 0.15) is 35.7 Å². The van der Waals surface area contributed by atoms with Crippen LogP contribution in [0.5, 0.6) is 5.75 Å². The maximum Gasteiger partial charge on any atom is 0.306 e. The van der Waals surface area contributed by atoms with Gasteiger partial charge in [0.05, 0.1) is 12.0 Å². The molecule has 1 heterocycles. The predicted molar refractivity (Wildman–Crippen MR) is 106 cm³/mol. The SMILES string of the molecule is CC(Cc1ccc(NC(=O)c2cccc(OCC3CCCO3)c2)cc1)C(=O)O. The monoisotopic (exact) mass is 383 g/mol. The molecule has 2 atom stereocenters. The number of anilines is 1. The van der Waals surface area contributed by atoms with Gasteiger partial charge in [0.25, 0.3) is 5.91 Å². The first-order valence-corrected chi connectivity index (χ1v) is 9.49. The Hall–Kier alpha value is -2.86. The lowest BCUT2D eigenvalue weighted by atomic mass is 10.0. The van der Waals surface area contributed by atoms with Crippen molar-refractivity contribution in [1.29, 1.82) is 0 Å². The average Bonchev–Trinajstić information content (AvgIpc) is 3.21. The van der Waals surface area contributed by atoms with Crippen molar-refractivity contribution in [3.63, 3.8) is 0 Å². The van der Waals surface area contributed by atoms with Gasteiger partial charge in [0.15, 0.2) is 0 Å². The zero-order valence-corrected chi connectivity index (χ0v) is 15.9. The second-order valence-corrected chi connectivity index (χ2v) is 7.07. The molecule has 2 unspecified atom stereocenters. The third kappa shape index (κ3) is 5.57. The van der Waals surface area contributed by atoms with Crippen LogP contribution in [-0.4, -0.2) is 36.3 Å². The summed E-state index contributed by atoms with van der Waals surface area (Å²) in [7, 11) is 0. The molecule has 0 aromatic heterocycles. The van der Waals surface area contributed by atoms with Gasteiger partial charge in [0.1, 0.15) is 12.4 Å². The highest BCUT2D eigenvalue weighted by atomic mass is 16.5. The Morgan fingerprint density at radius 3 is 2.71 bits per heavy atom. The van der Waals surface area contributed by atoms with Gasteiger partial charge in [-0.05, 0) is 55.2 Å². The molecule has 6 heteroatoms. The molecule has 1 aliphatic heterocycles. The highest BCUT2D eigenvalue weighted by Crippen LogP contribution is 2.19. The van der Waals surface area contributed by atoms with E-state index in [1.165, 1.54) is 0 Å². The van der Waals surface area contributed by atoms with Crippen LogP contribution in [0.2, 0.25) is 0 Å². The van der Waals surface area contributed by atoms with Crippen molar-refractivity contribution < 1.29 is 24.2 Å². The van der Waals surface area contributed by atoms with Crippen molar-refractivity contribution in [1.82, 2.24) is 0 Å². The molecule has 0 spiro atoms. The number of carboxylic acid groups (broad SMARTS) is 1. The van der Waals surface area contributed by atoms with Crippen molar-refractivity contribution in [2.75, 3.05) is 18.5 Å². The van der Waals surface area contributed by atoms with Gasteiger partial charge in [0, 0.05) is 17.9 Å². The molecule has 0 radical (unpaired) electrons. The highest BCUT2D eigenvalue weighted by Gasteiger charge is 2.16. The van der Waals surface area contributed by atoms with Gasteiger partial charge >= 0.3 is 5.97 Å². The topological polar surface area (TPSA) is 84.9 Å². The molecule has 28 heavy (non-hydrogen) atoms. The predicted octanol–water partition coefficient (Wildman–Crippen LogP) is 3.76. The van der Waals surface area contributed by atoms with Crippen LogP contribution in [0, 0.1) is 5.92 Å². The van der Waals surface area contributed by atoms with E-state index in [2.05, 4.69) is 5.32 Å². The number of nitrogens with one attached hydrogen (secondary N) is 1. The minimum atomic E-state index is -0.820. The summed E-state index contributed by atoms with van der Waals surface area (Å²) >= 11 is 0. The van der Waals surface area contributed by atoms with Crippen LogP contribution in [0.3, 0.4) is 0 Å². The maximum atomic E-state index is 12.5. The number of ether oxygens (including phenoxy) is 2. The molecular weight excluding hydrogens is 358 g/mol. The van der Waals surface area contributed by atoms with Crippen LogP contribution >= 0.6 is 0 Å². The first-order chi connectivity index (χ1) is 13.5. The van der Waals surface area contributed by atoms with E-state index in [1.807, 2.05) is 18.2 Å². The summed E-state index contributed by atoms with van der Waals surface area (Å²) in [6.45, 7) is 2.94. The standard InChI is InChI=1S/C22H25NO5/c1-15(22(25)26)12-16-7-9-18(10-8-16)23-21(24)17-4-2-5-19(13-17)28-14-20-6-3-11-27-20/h2,4-5,7-10,13,15,20H,3,6,11-12,14H2,1H3,(H,23,24)(H,25,26). The molecule has 2 aromatic carbocycles. The number of aliphatic carboxylic acids is 1. The fourth-order valence-corrected chi connectivity index (χ4v) is 3.06. The Balaban J connectivity index is 1.56. The molecule has 3 rings (SSSR count). The Morgan fingerprint density at radius 2 is 2.04 bits per heavy atom. The maximum absolute atomic E-state index is 12.5. The first-order valence-electron chi connectivity index (χ1n) is 9.49. The summed E-state index contributed by atoms with van der Waals surface area (Å²) in [6, 6.07) is 14.3. The molecule has 148 valence electrons. The summed E-state index contributed by atoms with van der Waals surface area (Å²) in [4.78, 5) is 23.5. The molecule has 0 bridgehead atoms. The quantitative estimate of drug-likeness (QED) is 0.725. The van der Waals surface area contributed by atoms with Gasteiger partial charge in [0.2, 0.25) is 0 Å². The van der Waals surface area contributed by atoms with Crippen LogP contribution in [-0.2, 0) is 16.0 Å². The molecule has 2 N–H and O–H groups in total. The number of carbonyl (C=O) groups excluding carboxylic acids is 1. The van der Waals surface area contributed by atoms with Gasteiger partial charge in [-0.3, -0.25) is 9.59 Å². The number of amides is 1. The van der Waals surface area contributed by atoms with Crippen LogP contribution < -0.4 is 10.1 Å². The number of hydrogen-bond donors (Lipinski definition) is 2. The summed E-state index contributed by atoms with van der Waals surface area (Å²) < 4.78 is 11.3. The summed E-state index contributed by atoms with van der Waals surface area (Å²) in [5.41, 5.74) is 2.08. The lowest BCUT2D eigenvalue weighted by Crippen LogP contribution is -2.17. The number of carbonyl (C=O) groups is 2. The molecule has 1 saturated heterocycles. The fraction of sp³-hybridized carbons (Fsp3) is 0.364. The van der Waals surface area contributed by atoms with E-state index in [9.17, 15) is 9.59 Å². The van der Waals surface area contributed by atoms with Gasteiger partial charge < -0.3 is 19.9 Å². The second kappa shape index (κ2) is 9.37. The van der Waals surface area contributed by atoms with E-state index in [0.29, 0.717) is 30.0 Å². The Labute approximate surface area is 164 Å². The van der Waals surface area contributed by atoms with E-state index in [1.54, 1.807) is 37.3 Å². The lowest BCUT2D eigenvalue weighted by Gasteiger charge is -2.12. The van der Waals surface area contributed by atoms with Crippen molar-refractivity contribution in [2.24, 2.45) is 5.92 Å². The molecule has 0 aliphatic carbocycles. The molecular formula is C22H25NO5. The molecule has 1 amide bonds. The summed E-state index contributed by atoms with van der Waals surface area (Å²) in [5, 5.41) is 11.8. The highest BCUT2D eigenvalue weighted by molar-refractivity contribution is 6.04. The smallest absolute Gasteiger partial charge is 0.306 e. The van der Waals surface area contributed by atoms with Crippen LogP contribution in [0.25, 0.3) is 0 Å². The van der Waals surface area contributed by atoms with Crippen LogP contribution in [0.15, 0.2) is 48.5 Å². The number of hydrogen-bond acceptors (Lipinski definition) is 4. The third-order valence-corrected chi connectivity index (χ3v) is 4.73. The van der Waals surface area contributed by atoms with E-state index in [4.69, 9.17) is 14.6 Å².